The zero-order valence-electron chi connectivity index (χ0n) is 17.8. The number of thiol groups is 1. The van der Waals surface area contributed by atoms with Gasteiger partial charge in [0.1, 0.15) is 6.61 Å². The van der Waals surface area contributed by atoms with Gasteiger partial charge in [0.15, 0.2) is 0 Å². The first kappa shape index (κ1) is 28.2. The van der Waals surface area contributed by atoms with Crippen molar-refractivity contribution in [2.75, 3.05) is 52.0 Å². The van der Waals surface area contributed by atoms with E-state index in [2.05, 4.69) is 12.6 Å². The van der Waals surface area contributed by atoms with Crippen molar-refractivity contribution in [3.05, 3.63) is 0 Å². The molecule has 172 valence electrons. The molecule has 0 aliphatic carbocycles. The third kappa shape index (κ3) is 23.3. The molecule has 0 fully saturated rings. The molecule has 0 aromatic carbocycles. The summed E-state index contributed by atoms with van der Waals surface area (Å²) in [6, 6.07) is 0. The minimum absolute atomic E-state index is 0.0164. The summed E-state index contributed by atoms with van der Waals surface area (Å²) in [5.74, 6) is 0.193. The Balaban J connectivity index is 3.31. The summed E-state index contributed by atoms with van der Waals surface area (Å²) in [7, 11) is 0. The van der Waals surface area contributed by atoms with Crippen molar-refractivity contribution in [2.24, 2.45) is 0 Å². The van der Waals surface area contributed by atoms with Crippen molar-refractivity contribution in [2.45, 2.75) is 70.6 Å². The third-order valence-electron chi connectivity index (χ3n) is 4.20. The first-order valence-corrected chi connectivity index (χ1v) is 11.5. The van der Waals surface area contributed by atoms with Gasteiger partial charge in [-0.15, -0.1) is 0 Å². The zero-order chi connectivity index (χ0) is 21.4. The summed E-state index contributed by atoms with van der Waals surface area (Å²) in [5.41, 5.74) is 0. The average Bonchev–Trinajstić information content (AvgIpc) is 2.72. The maximum absolute atomic E-state index is 11.6. The monoisotopic (exact) mass is 436 g/mol. The second-order valence-corrected chi connectivity index (χ2v) is 7.24. The predicted molar refractivity (Wildman–Crippen MR) is 115 cm³/mol. The van der Waals surface area contributed by atoms with Gasteiger partial charge in [-0.1, -0.05) is 44.9 Å². The van der Waals surface area contributed by atoms with Gasteiger partial charge in [0, 0.05) is 0 Å². The molecule has 0 rings (SSSR count). The van der Waals surface area contributed by atoms with Gasteiger partial charge < -0.3 is 24.1 Å². The van der Waals surface area contributed by atoms with Crippen LogP contribution in [0.15, 0.2) is 0 Å². The number of carbonyl (C=O) groups excluding carboxylic acids is 2. The van der Waals surface area contributed by atoms with E-state index >= 15 is 0 Å². The summed E-state index contributed by atoms with van der Waals surface area (Å²) in [5, 5.41) is 8.53. The Bertz CT molecular complexity index is 380. The molecule has 0 saturated heterocycles. The van der Waals surface area contributed by atoms with E-state index in [-0.39, 0.29) is 45.2 Å². The van der Waals surface area contributed by atoms with Gasteiger partial charge in [0.2, 0.25) is 0 Å². The Morgan fingerprint density at radius 3 is 1.59 bits per heavy atom. The molecule has 0 radical (unpaired) electrons. The minimum atomic E-state index is -0.434. The highest BCUT2D eigenvalue weighted by molar-refractivity contribution is 7.80. The molecule has 1 N–H and O–H groups in total. The Morgan fingerprint density at radius 1 is 0.586 bits per heavy atom. The van der Waals surface area contributed by atoms with Gasteiger partial charge in [-0.25, -0.2) is 0 Å². The lowest BCUT2D eigenvalue weighted by Gasteiger charge is -2.07. The number of hydrogen-bond acceptors (Lipinski definition) is 8. The summed E-state index contributed by atoms with van der Waals surface area (Å²) in [6.45, 7) is 1.86. The van der Waals surface area contributed by atoms with Crippen molar-refractivity contribution in [1.29, 1.82) is 0 Å². The van der Waals surface area contributed by atoms with E-state index in [0.717, 1.165) is 18.6 Å². The number of hydrogen-bond donors (Lipinski definition) is 2. The van der Waals surface area contributed by atoms with Gasteiger partial charge in [-0.3, -0.25) is 9.59 Å². The summed E-state index contributed by atoms with van der Waals surface area (Å²) in [6.07, 6.45) is 10.8. The number of esters is 2. The molecule has 0 unspecified atom stereocenters. The van der Waals surface area contributed by atoms with Crippen LogP contribution < -0.4 is 0 Å². The minimum Gasteiger partial charge on any atom is -0.466 e. The average molecular weight is 437 g/mol. The molecular formula is C21H40O7S. The molecule has 0 bridgehead atoms. The maximum Gasteiger partial charge on any atom is 0.306 e. The van der Waals surface area contributed by atoms with Gasteiger partial charge in [0.05, 0.1) is 52.5 Å². The highest BCUT2D eigenvalue weighted by atomic mass is 32.1. The fraction of sp³-hybridized carbons (Fsp3) is 0.905. The smallest absolute Gasteiger partial charge is 0.306 e. The number of aliphatic hydroxyl groups excluding tert-OH is 1. The van der Waals surface area contributed by atoms with E-state index in [1.165, 1.54) is 44.9 Å². The number of aliphatic hydroxyl groups is 1. The van der Waals surface area contributed by atoms with E-state index in [4.69, 9.17) is 24.1 Å². The molecule has 0 saturated carbocycles. The van der Waals surface area contributed by atoms with Crippen LogP contribution in [0.1, 0.15) is 70.6 Å². The molecule has 0 aromatic heterocycles. The largest absolute Gasteiger partial charge is 0.466 e. The Hall–Kier alpha value is -0.830. The molecular weight excluding hydrogens is 396 g/mol. The first-order valence-electron chi connectivity index (χ1n) is 10.9. The second-order valence-electron chi connectivity index (χ2n) is 6.79. The number of unbranched alkanes of at least 4 members (excludes halogenated alkanes) is 8. The topological polar surface area (TPSA) is 91.3 Å². The highest BCUT2D eigenvalue weighted by Gasteiger charge is 2.09. The Morgan fingerprint density at radius 2 is 1.03 bits per heavy atom. The zero-order valence-corrected chi connectivity index (χ0v) is 18.7. The second kappa shape index (κ2) is 23.4. The lowest BCUT2D eigenvalue weighted by atomic mass is 10.1. The molecule has 0 heterocycles. The van der Waals surface area contributed by atoms with Crippen LogP contribution in [0.3, 0.4) is 0 Å². The van der Waals surface area contributed by atoms with Gasteiger partial charge in [0.25, 0.3) is 0 Å². The van der Waals surface area contributed by atoms with Crippen molar-refractivity contribution in [3.8, 4) is 0 Å². The van der Waals surface area contributed by atoms with Crippen LogP contribution in [0.5, 0.6) is 0 Å². The third-order valence-corrected chi connectivity index (χ3v) is 4.51. The lowest BCUT2D eigenvalue weighted by molar-refractivity contribution is -0.151. The molecule has 0 aromatic rings. The van der Waals surface area contributed by atoms with Crippen LogP contribution in [0.4, 0.5) is 0 Å². The number of carbonyl (C=O) groups is 2. The van der Waals surface area contributed by atoms with Crippen LogP contribution in [-0.2, 0) is 28.5 Å². The molecule has 0 amide bonds. The fourth-order valence-electron chi connectivity index (χ4n) is 2.59. The van der Waals surface area contributed by atoms with Crippen LogP contribution in [0.2, 0.25) is 0 Å². The summed E-state index contributed by atoms with van der Waals surface area (Å²) < 4.78 is 20.3. The Labute approximate surface area is 181 Å². The van der Waals surface area contributed by atoms with Crippen molar-refractivity contribution in [1.82, 2.24) is 0 Å². The normalized spacial score (nSPS) is 10.8. The molecule has 7 nitrogen and oxygen atoms in total. The molecule has 0 aliphatic heterocycles. The van der Waals surface area contributed by atoms with Crippen molar-refractivity contribution >= 4 is 24.6 Å². The predicted octanol–water partition coefficient (Wildman–Crippen LogP) is 3.32. The summed E-state index contributed by atoms with van der Waals surface area (Å²) in [4.78, 5) is 23.2. The number of ether oxygens (including phenoxy) is 4. The van der Waals surface area contributed by atoms with E-state index in [1.54, 1.807) is 0 Å². The van der Waals surface area contributed by atoms with Crippen LogP contribution >= 0.6 is 12.6 Å². The summed E-state index contributed by atoms with van der Waals surface area (Å²) >= 11 is 4.21. The van der Waals surface area contributed by atoms with Crippen LogP contribution in [0.25, 0.3) is 0 Å². The van der Waals surface area contributed by atoms with E-state index in [1.807, 2.05) is 0 Å². The lowest BCUT2D eigenvalue weighted by Crippen LogP contribution is -2.15. The Kier molecular flexibility index (Phi) is 22.8. The van der Waals surface area contributed by atoms with E-state index in [0.29, 0.717) is 19.8 Å². The molecule has 0 atom stereocenters. The van der Waals surface area contributed by atoms with Crippen molar-refractivity contribution in [3.63, 3.8) is 0 Å². The fourth-order valence-corrected chi connectivity index (χ4v) is 2.81. The number of rotatable bonds is 22. The van der Waals surface area contributed by atoms with Crippen LogP contribution in [-0.4, -0.2) is 69.0 Å². The van der Waals surface area contributed by atoms with E-state index in [9.17, 15) is 9.59 Å². The van der Waals surface area contributed by atoms with E-state index < -0.39 is 5.97 Å². The first-order chi connectivity index (χ1) is 14.2. The van der Waals surface area contributed by atoms with Gasteiger partial charge >= 0.3 is 11.9 Å². The standard InChI is InChI=1S/C21H40O7S/c22-12-14-25-15-16-26-17-18-28-21(24)11-10-20(23)27-13-8-6-4-2-1-3-5-7-9-19-29/h22,29H,1-19H2. The van der Waals surface area contributed by atoms with Crippen LogP contribution in [0, 0.1) is 0 Å². The molecule has 0 aliphatic rings. The molecule has 29 heavy (non-hydrogen) atoms. The highest BCUT2D eigenvalue weighted by Crippen LogP contribution is 2.10. The quantitative estimate of drug-likeness (QED) is 0.153. The van der Waals surface area contributed by atoms with Crippen molar-refractivity contribution < 1.29 is 33.6 Å². The van der Waals surface area contributed by atoms with Gasteiger partial charge in [-0.2, -0.15) is 12.6 Å². The molecule has 0 spiro atoms. The van der Waals surface area contributed by atoms with Gasteiger partial charge in [-0.05, 0) is 18.6 Å². The SMILES string of the molecule is O=C(CCC(=O)OCCOCCOCCO)OCCCCCCCCCCCS. The maximum atomic E-state index is 11.6. The molecule has 8 heteroatoms.